The van der Waals surface area contributed by atoms with E-state index in [1.807, 2.05) is 31.0 Å². The lowest BCUT2D eigenvalue weighted by Crippen LogP contribution is -2.32. The van der Waals surface area contributed by atoms with E-state index in [-0.39, 0.29) is 17.5 Å². The van der Waals surface area contributed by atoms with Crippen molar-refractivity contribution in [3.8, 4) is 6.07 Å². The van der Waals surface area contributed by atoms with Crippen LogP contribution in [-0.4, -0.2) is 23.9 Å². The van der Waals surface area contributed by atoms with Gasteiger partial charge in [0.2, 0.25) is 0 Å². The normalized spacial score (nSPS) is 16.8. The van der Waals surface area contributed by atoms with Gasteiger partial charge in [-0.3, -0.25) is 4.79 Å². The van der Waals surface area contributed by atoms with Gasteiger partial charge in [-0.05, 0) is 37.3 Å². The third kappa shape index (κ3) is 5.35. The van der Waals surface area contributed by atoms with Gasteiger partial charge in [0.15, 0.2) is 0 Å². The fraction of sp³-hybridized carbons (Fsp3) is 0.524. The van der Waals surface area contributed by atoms with Gasteiger partial charge in [-0.1, -0.05) is 50.5 Å². The van der Waals surface area contributed by atoms with Crippen LogP contribution in [0.4, 0.5) is 0 Å². The number of benzene rings is 1. The summed E-state index contributed by atoms with van der Waals surface area (Å²) in [6, 6.07) is 10.6. The monoisotopic (exact) mass is 339 g/mol. The van der Waals surface area contributed by atoms with Crippen LogP contribution in [0.5, 0.6) is 0 Å². The molecule has 0 saturated heterocycles. The predicted octanol–water partition coefficient (Wildman–Crippen LogP) is 4.10. The highest BCUT2D eigenvalue weighted by Crippen LogP contribution is 2.22. The smallest absolute Gasteiger partial charge is 0.263 e. The number of carbonyl (C=O) groups is 1. The van der Waals surface area contributed by atoms with Crippen molar-refractivity contribution in [2.24, 2.45) is 0 Å². The molecule has 1 aromatic carbocycles. The van der Waals surface area contributed by atoms with Gasteiger partial charge in [-0.25, -0.2) is 0 Å². The fourth-order valence-corrected chi connectivity index (χ4v) is 3.34. The highest BCUT2D eigenvalue weighted by atomic mass is 16.1. The minimum Gasteiger partial charge on any atom is -0.376 e. The van der Waals surface area contributed by atoms with Gasteiger partial charge in [0.25, 0.3) is 5.91 Å². The molecule has 2 rings (SSSR count). The van der Waals surface area contributed by atoms with Crippen molar-refractivity contribution in [1.82, 2.24) is 10.2 Å². The fourth-order valence-electron chi connectivity index (χ4n) is 3.34. The summed E-state index contributed by atoms with van der Waals surface area (Å²) in [4.78, 5) is 14.5. The number of rotatable bonds is 6. The predicted molar refractivity (Wildman–Crippen MR) is 101 cm³/mol. The first-order valence-corrected chi connectivity index (χ1v) is 9.28. The number of carbonyl (C=O) groups excluding carboxylic acids is 1. The van der Waals surface area contributed by atoms with Crippen molar-refractivity contribution in [2.45, 2.75) is 64.5 Å². The van der Waals surface area contributed by atoms with Gasteiger partial charge < -0.3 is 10.2 Å². The van der Waals surface area contributed by atoms with Crippen molar-refractivity contribution < 1.29 is 4.79 Å². The zero-order chi connectivity index (χ0) is 18.2. The Morgan fingerprint density at radius 1 is 1.32 bits per heavy atom. The molecule has 0 aromatic heterocycles. The molecular formula is C21H29N3O. The highest BCUT2D eigenvalue weighted by molar-refractivity contribution is 5.97. The average molecular weight is 339 g/mol. The molecule has 1 N–H and O–H groups in total. The molecule has 134 valence electrons. The molecule has 0 spiro atoms. The summed E-state index contributed by atoms with van der Waals surface area (Å²) in [6.45, 7) is 4.06. The Bertz CT molecular complexity index is 636. The van der Waals surface area contributed by atoms with Crippen LogP contribution in [-0.2, 0) is 11.2 Å². The van der Waals surface area contributed by atoms with E-state index < -0.39 is 0 Å². The number of hydrogen-bond donors (Lipinski definition) is 1. The zero-order valence-electron chi connectivity index (χ0n) is 15.6. The molecule has 1 saturated carbocycles. The second-order valence-corrected chi connectivity index (χ2v) is 6.90. The van der Waals surface area contributed by atoms with E-state index >= 15 is 0 Å². The number of nitrogens with one attached hydrogen (secondary N) is 1. The topological polar surface area (TPSA) is 56.1 Å². The van der Waals surface area contributed by atoms with Crippen LogP contribution in [0.2, 0.25) is 0 Å². The summed E-state index contributed by atoms with van der Waals surface area (Å²) in [5.41, 5.74) is 2.49. The Kier molecular flexibility index (Phi) is 7.06. The lowest BCUT2D eigenvalue weighted by Gasteiger charge is -2.30. The van der Waals surface area contributed by atoms with Gasteiger partial charge in [-0.15, -0.1) is 0 Å². The molecular weight excluding hydrogens is 310 g/mol. The van der Waals surface area contributed by atoms with Crippen molar-refractivity contribution in [1.29, 1.82) is 5.26 Å². The van der Waals surface area contributed by atoms with E-state index in [1.165, 1.54) is 24.8 Å². The number of hydrogen-bond acceptors (Lipinski definition) is 3. The van der Waals surface area contributed by atoms with Crippen LogP contribution in [0.25, 0.3) is 0 Å². The molecule has 0 aliphatic heterocycles. The average Bonchev–Trinajstić information content (AvgIpc) is 2.66. The van der Waals surface area contributed by atoms with Crippen LogP contribution in [0.3, 0.4) is 0 Å². The van der Waals surface area contributed by atoms with Gasteiger partial charge in [0, 0.05) is 19.3 Å². The second kappa shape index (κ2) is 9.27. The van der Waals surface area contributed by atoms with E-state index in [0.717, 1.165) is 24.8 Å². The van der Waals surface area contributed by atoms with E-state index in [9.17, 15) is 10.1 Å². The molecule has 1 amide bonds. The molecule has 1 fully saturated rings. The first-order valence-electron chi connectivity index (χ1n) is 9.28. The molecule has 4 heteroatoms. The van der Waals surface area contributed by atoms with E-state index in [1.54, 1.807) is 6.20 Å². The SMILES string of the molecule is CCc1ccc(C(C)NC(=O)/C(C#N)=C\N(C)C2CCCCC2)cc1. The largest absolute Gasteiger partial charge is 0.376 e. The van der Waals surface area contributed by atoms with E-state index in [4.69, 9.17) is 0 Å². The van der Waals surface area contributed by atoms with E-state index in [2.05, 4.69) is 30.4 Å². The molecule has 1 aliphatic carbocycles. The molecule has 1 aromatic rings. The lowest BCUT2D eigenvalue weighted by molar-refractivity contribution is -0.117. The molecule has 1 atom stereocenters. The quantitative estimate of drug-likeness (QED) is 0.627. The summed E-state index contributed by atoms with van der Waals surface area (Å²) in [5.74, 6) is -0.308. The molecule has 1 aliphatic rings. The molecule has 0 heterocycles. The van der Waals surface area contributed by atoms with Crippen LogP contribution in [0.15, 0.2) is 36.0 Å². The third-order valence-electron chi connectivity index (χ3n) is 5.08. The van der Waals surface area contributed by atoms with Crippen molar-refractivity contribution in [3.05, 3.63) is 47.2 Å². The summed E-state index contributed by atoms with van der Waals surface area (Å²) in [7, 11) is 1.97. The Balaban J connectivity index is 2.00. The van der Waals surface area contributed by atoms with Gasteiger partial charge in [-0.2, -0.15) is 5.26 Å². The maximum absolute atomic E-state index is 12.5. The summed E-state index contributed by atoms with van der Waals surface area (Å²) in [6.07, 6.45) is 8.70. The number of nitriles is 1. The number of nitrogens with zero attached hydrogens (tertiary/aromatic N) is 2. The zero-order valence-corrected chi connectivity index (χ0v) is 15.6. The first-order chi connectivity index (χ1) is 12.0. The van der Waals surface area contributed by atoms with Crippen molar-refractivity contribution in [2.75, 3.05) is 7.05 Å². The standard InChI is InChI=1S/C21H29N3O/c1-4-17-10-12-18(13-11-17)16(2)23-21(25)19(14-22)15-24(3)20-8-6-5-7-9-20/h10-13,15-16,20H,4-9H2,1-3H3,(H,23,25)/b19-15-. The molecule has 4 nitrogen and oxygen atoms in total. The Morgan fingerprint density at radius 3 is 2.52 bits per heavy atom. The number of amides is 1. The Hall–Kier alpha value is -2.28. The summed E-state index contributed by atoms with van der Waals surface area (Å²) < 4.78 is 0. The van der Waals surface area contributed by atoms with Gasteiger partial charge in [0.05, 0.1) is 6.04 Å². The maximum Gasteiger partial charge on any atom is 0.263 e. The van der Waals surface area contributed by atoms with Crippen molar-refractivity contribution in [3.63, 3.8) is 0 Å². The molecule has 25 heavy (non-hydrogen) atoms. The van der Waals surface area contributed by atoms with Gasteiger partial charge >= 0.3 is 0 Å². The molecule has 1 unspecified atom stereocenters. The summed E-state index contributed by atoms with van der Waals surface area (Å²) >= 11 is 0. The van der Waals surface area contributed by atoms with Crippen LogP contribution in [0.1, 0.15) is 63.1 Å². The van der Waals surface area contributed by atoms with E-state index in [0.29, 0.717) is 6.04 Å². The molecule has 0 radical (unpaired) electrons. The van der Waals surface area contributed by atoms with Crippen molar-refractivity contribution >= 4 is 5.91 Å². The number of aryl methyl sites for hydroxylation is 1. The maximum atomic E-state index is 12.5. The molecule has 0 bridgehead atoms. The van der Waals surface area contributed by atoms with Crippen LogP contribution < -0.4 is 5.32 Å². The summed E-state index contributed by atoms with van der Waals surface area (Å²) in [5, 5.41) is 12.3. The first kappa shape index (κ1) is 19.1. The minimum atomic E-state index is -0.308. The highest BCUT2D eigenvalue weighted by Gasteiger charge is 2.19. The third-order valence-corrected chi connectivity index (χ3v) is 5.08. The second-order valence-electron chi connectivity index (χ2n) is 6.90. The van der Waals surface area contributed by atoms with Crippen LogP contribution >= 0.6 is 0 Å². The minimum absolute atomic E-state index is 0.129. The Labute approximate surface area is 151 Å². The lowest BCUT2D eigenvalue weighted by atomic mass is 9.94. The Morgan fingerprint density at radius 2 is 1.96 bits per heavy atom. The van der Waals surface area contributed by atoms with Gasteiger partial charge in [0.1, 0.15) is 11.6 Å². The van der Waals surface area contributed by atoms with Crippen LogP contribution in [0, 0.1) is 11.3 Å².